The van der Waals surface area contributed by atoms with Gasteiger partial charge in [-0.05, 0) is 80.2 Å². The van der Waals surface area contributed by atoms with E-state index in [1.54, 1.807) is 6.20 Å². The minimum absolute atomic E-state index is 0.274. The van der Waals surface area contributed by atoms with Crippen molar-refractivity contribution < 1.29 is 9.84 Å². The van der Waals surface area contributed by atoms with Crippen molar-refractivity contribution in [2.75, 3.05) is 13.6 Å². The molecule has 4 heteroatoms. The van der Waals surface area contributed by atoms with Crippen LogP contribution < -0.4 is 10.1 Å². The number of rotatable bonds is 10. The maximum Gasteiger partial charge on any atom is 0.122 e. The molecule has 0 fully saturated rings. The number of ether oxygens (including phenoxy) is 1. The summed E-state index contributed by atoms with van der Waals surface area (Å²) >= 11 is 0. The summed E-state index contributed by atoms with van der Waals surface area (Å²) in [5.41, 5.74) is 4.80. The lowest BCUT2D eigenvalue weighted by atomic mass is 10.0. The number of aryl methyl sites for hydroxylation is 1. The molecule has 3 rings (SSSR count). The first-order valence-corrected chi connectivity index (χ1v) is 10.2. The fraction of sp³-hybridized carbons (Fsp3) is 0.320. The molecule has 4 nitrogen and oxygen atoms in total. The molecular weight excluding hydrogens is 360 g/mol. The third kappa shape index (κ3) is 6.41. The number of pyridine rings is 1. The van der Waals surface area contributed by atoms with Crippen LogP contribution in [-0.2, 0) is 12.8 Å². The Morgan fingerprint density at radius 3 is 2.24 bits per heavy atom. The highest BCUT2D eigenvalue weighted by atomic mass is 16.5. The third-order valence-corrected chi connectivity index (χ3v) is 5.12. The molecule has 0 aliphatic carbocycles. The lowest BCUT2D eigenvalue weighted by Crippen LogP contribution is -2.29. The van der Waals surface area contributed by atoms with Gasteiger partial charge < -0.3 is 15.2 Å². The van der Waals surface area contributed by atoms with E-state index in [0.29, 0.717) is 6.42 Å². The molecule has 0 spiro atoms. The van der Waals surface area contributed by atoms with Crippen LogP contribution in [0.1, 0.15) is 24.5 Å². The molecule has 2 unspecified atom stereocenters. The molecule has 0 saturated heterocycles. The van der Waals surface area contributed by atoms with Gasteiger partial charge in [0.05, 0.1) is 6.10 Å². The zero-order valence-electron chi connectivity index (χ0n) is 17.2. The van der Waals surface area contributed by atoms with Crippen molar-refractivity contribution in [2.45, 2.75) is 38.4 Å². The van der Waals surface area contributed by atoms with Crippen molar-refractivity contribution in [1.82, 2.24) is 10.3 Å². The number of likely N-dealkylation sites (N-methyl/N-ethyl adjacent to an activating group) is 1. The second-order valence-corrected chi connectivity index (χ2v) is 7.37. The summed E-state index contributed by atoms with van der Waals surface area (Å²) in [6, 6.07) is 20.7. The fourth-order valence-corrected chi connectivity index (χ4v) is 3.25. The molecule has 1 heterocycles. The summed E-state index contributed by atoms with van der Waals surface area (Å²) in [5, 5.41) is 13.6. The molecule has 152 valence electrons. The fourth-order valence-electron chi connectivity index (χ4n) is 3.25. The Hall–Kier alpha value is -2.69. The van der Waals surface area contributed by atoms with Gasteiger partial charge in [0.1, 0.15) is 11.9 Å². The highest BCUT2D eigenvalue weighted by molar-refractivity contribution is 5.64. The van der Waals surface area contributed by atoms with Crippen molar-refractivity contribution in [3.63, 3.8) is 0 Å². The van der Waals surface area contributed by atoms with Gasteiger partial charge in [0, 0.05) is 12.4 Å². The van der Waals surface area contributed by atoms with E-state index in [1.807, 2.05) is 44.4 Å². The normalized spacial score (nSPS) is 13.1. The maximum atomic E-state index is 10.4. The molecule has 0 radical (unpaired) electrons. The molecule has 2 atom stereocenters. The Kier molecular flexibility index (Phi) is 7.79. The van der Waals surface area contributed by atoms with Crippen molar-refractivity contribution in [2.24, 2.45) is 0 Å². The van der Waals surface area contributed by atoms with Gasteiger partial charge in [-0.2, -0.15) is 0 Å². The minimum Gasteiger partial charge on any atom is -0.488 e. The average molecular weight is 391 g/mol. The predicted octanol–water partition coefficient (Wildman–Crippen LogP) is 4.27. The first kappa shape index (κ1) is 21.0. The minimum atomic E-state index is -0.528. The number of aromatic nitrogens is 1. The lowest BCUT2D eigenvalue weighted by molar-refractivity contribution is 0.0420. The summed E-state index contributed by atoms with van der Waals surface area (Å²) < 4.78 is 5.95. The number of nitrogens with zero attached hydrogens (tertiary/aromatic N) is 1. The van der Waals surface area contributed by atoms with Gasteiger partial charge in [-0.1, -0.05) is 42.5 Å². The number of benzene rings is 2. The predicted molar refractivity (Wildman–Crippen MR) is 118 cm³/mol. The first-order chi connectivity index (χ1) is 14.2. The molecule has 2 N–H and O–H groups in total. The number of aliphatic hydroxyl groups excluding tert-OH is 1. The van der Waals surface area contributed by atoms with Crippen LogP contribution in [0.15, 0.2) is 73.1 Å². The van der Waals surface area contributed by atoms with E-state index in [9.17, 15) is 5.11 Å². The average Bonchev–Trinajstić information content (AvgIpc) is 2.77. The van der Waals surface area contributed by atoms with Crippen LogP contribution in [0.4, 0.5) is 0 Å². The van der Waals surface area contributed by atoms with Gasteiger partial charge in [-0.3, -0.25) is 4.98 Å². The lowest BCUT2D eigenvalue weighted by Gasteiger charge is -2.20. The molecule has 0 aliphatic rings. The summed E-state index contributed by atoms with van der Waals surface area (Å²) in [7, 11) is 1.97. The molecular formula is C25H30N2O2. The first-order valence-electron chi connectivity index (χ1n) is 10.2. The quantitative estimate of drug-likeness (QED) is 0.543. The van der Waals surface area contributed by atoms with Gasteiger partial charge >= 0.3 is 0 Å². The summed E-state index contributed by atoms with van der Waals surface area (Å²) in [6.07, 6.45) is 5.25. The van der Waals surface area contributed by atoms with Gasteiger partial charge in [0.25, 0.3) is 0 Å². The molecule has 3 aromatic rings. The second kappa shape index (κ2) is 10.7. The molecule has 0 bridgehead atoms. The molecule has 1 aromatic heterocycles. The number of nitrogens with one attached hydrogen (secondary N) is 1. The monoisotopic (exact) mass is 390 g/mol. The smallest absolute Gasteiger partial charge is 0.122 e. The Morgan fingerprint density at radius 2 is 1.62 bits per heavy atom. The largest absolute Gasteiger partial charge is 0.488 e. The molecule has 0 aliphatic heterocycles. The van der Waals surface area contributed by atoms with Gasteiger partial charge in [0.2, 0.25) is 0 Å². The van der Waals surface area contributed by atoms with Crippen LogP contribution in [0.5, 0.6) is 5.75 Å². The SMILES string of the molecule is CNCCc1ccc(-c2ccc(OC(C)C(O)CCc3cccnc3)cc2)cc1. The molecule has 0 saturated carbocycles. The van der Waals surface area contributed by atoms with E-state index in [0.717, 1.165) is 36.3 Å². The Labute approximate surface area is 173 Å². The summed E-state index contributed by atoms with van der Waals surface area (Å²) in [4.78, 5) is 4.11. The number of hydrogen-bond donors (Lipinski definition) is 2. The molecule has 29 heavy (non-hydrogen) atoms. The Morgan fingerprint density at radius 1 is 0.931 bits per heavy atom. The van der Waals surface area contributed by atoms with E-state index in [1.165, 1.54) is 11.1 Å². The van der Waals surface area contributed by atoms with Crippen LogP contribution in [0.2, 0.25) is 0 Å². The number of aliphatic hydroxyl groups is 1. The summed E-state index contributed by atoms with van der Waals surface area (Å²) in [6.45, 7) is 2.89. The number of hydrogen-bond acceptors (Lipinski definition) is 4. The van der Waals surface area contributed by atoms with Crippen LogP contribution >= 0.6 is 0 Å². The van der Waals surface area contributed by atoms with E-state index in [-0.39, 0.29) is 6.10 Å². The zero-order chi connectivity index (χ0) is 20.5. The Bertz CT molecular complexity index is 848. The Balaban J connectivity index is 1.52. The van der Waals surface area contributed by atoms with E-state index < -0.39 is 6.10 Å². The van der Waals surface area contributed by atoms with Crippen molar-refractivity contribution in [3.8, 4) is 16.9 Å². The van der Waals surface area contributed by atoms with Crippen molar-refractivity contribution in [3.05, 3.63) is 84.2 Å². The molecule has 0 amide bonds. The van der Waals surface area contributed by atoms with Gasteiger partial charge in [-0.25, -0.2) is 0 Å². The van der Waals surface area contributed by atoms with Crippen LogP contribution in [0, 0.1) is 0 Å². The highest BCUT2D eigenvalue weighted by Crippen LogP contribution is 2.24. The standard InChI is InChI=1S/C25H30N2O2/c1-19(25(28)14-7-21-4-3-16-27-18-21)29-24-12-10-23(11-13-24)22-8-5-20(6-9-22)15-17-26-2/h3-6,8-13,16,18-19,25-26,28H,7,14-15,17H2,1-2H3. The van der Waals surface area contributed by atoms with Crippen LogP contribution in [-0.4, -0.2) is 35.9 Å². The van der Waals surface area contributed by atoms with E-state index >= 15 is 0 Å². The van der Waals surface area contributed by atoms with Gasteiger partial charge in [-0.15, -0.1) is 0 Å². The van der Waals surface area contributed by atoms with Crippen LogP contribution in [0.3, 0.4) is 0 Å². The summed E-state index contributed by atoms with van der Waals surface area (Å²) in [5.74, 6) is 0.771. The van der Waals surface area contributed by atoms with Crippen molar-refractivity contribution >= 4 is 0 Å². The van der Waals surface area contributed by atoms with E-state index in [2.05, 4.69) is 46.7 Å². The van der Waals surface area contributed by atoms with Crippen LogP contribution in [0.25, 0.3) is 11.1 Å². The molecule has 2 aromatic carbocycles. The van der Waals surface area contributed by atoms with Crippen molar-refractivity contribution in [1.29, 1.82) is 0 Å². The van der Waals surface area contributed by atoms with E-state index in [4.69, 9.17) is 4.74 Å². The third-order valence-electron chi connectivity index (χ3n) is 5.12. The van der Waals surface area contributed by atoms with Gasteiger partial charge in [0.15, 0.2) is 0 Å². The topological polar surface area (TPSA) is 54.4 Å². The maximum absolute atomic E-state index is 10.4. The highest BCUT2D eigenvalue weighted by Gasteiger charge is 2.16. The zero-order valence-corrected chi connectivity index (χ0v) is 17.2. The second-order valence-electron chi connectivity index (χ2n) is 7.37.